The Morgan fingerprint density at radius 1 is 0.630 bits per heavy atom. The van der Waals surface area contributed by atoms with Crippen molar-refractivity contribution < 1.29 is 20.1 Å². The van der Waals surface area contributed by atoms with E-state index in [0.717, 1.165) is 22.5 Å². The molecule has 0 spiro atoms. The molecule has 5 aromatic heterocycles. The summed E-state index contributed by atoms with van der Waals surface area (Å²) in [6, 6.07) is 48.9. The second-order valence-corrected chi connectivity index (χ2v) is 12.4. The van der Waals surface area contributed by atoms with E-state index in [0.29, 0.717) is 0 Å². The van der Waals surface area contributed by atoms with Gasteiger partial charge in [-0.15, -0.1) is 71.0 Å². The number of pyridine rings is 2. The van der Waals surface area contributed by atoms with Crippen LogP contribution in [0.4, 0.5) is 0 Å². The molecule has 5 heteroatoms. The Balaban J connectivity index is 0.000000204. The van der Waals surface area contributed by atoms with Crippen LogP contribution in [0.3, 0.4) is 0 Å². The minimum atomic E-state index is 0. The van der Waals surface area contributed by atoms with E-state index in [-0.39, 0.29) is 20.1 Å². The molecule has 0 aliphatic heterocycles. The van der Waals surface area contributed by atoms with Gasteiger partial charge >= 0.3 is 0 Å². The van der Waals surface area contributed by atoms with E-state index in [9.17, 15) is 0 Å². The van der Waals surface area contributed by atoms with Crippen LogP contribution in [0.2, 0.25) is 0 Å². The van der Waals surface area contributed by atoms with E-state index in [4.69, 9.17) is 0 Å². The van der Waals surface area contributed by atoms with Crippen molar-refractivity contribution in [2.45, 2.75) is 6.92 Å². The van der Waals surface area contributed by atoms with Gasteiger partial charge in [0.25, 0.3) is 0 Å². The molecule has 5 aromatic carbocycles. The summed E-state index contributed by atoms with van der Waals surface area (Å²) in [5.74, 6) is 0. The van der Waals surface area contributed by atoms with Gasteiger partial charge in [-0.3, -0.25) is 0 Å². The molecular weight excluding hydrogens is 759 g/mol. The molecule has 10 rings (SSSR count). The first-order valence-corrected chi connectivity index (χ1v) is 15.8. The molecule has 0 amide bonds. The zero-order chi connectivity index (χ0) is 29.9. The molecular formula is C41H25IrN3S-2. The summed E-state index contributed by atoms with van der Waals surface area (Å²) in [6.45, 7) is 2.07. The van der Waals surface area contributed by atoms with Crippen LogP contribution in [0.5, 0.6) is 0 Å². The van der Waals surface area contributed by atoms with Gasteiger partial charge in [-0.05, 0) is 53.7 Å². The first-order valence-electron chi connectivity index (χ1n) is 15.0. The number of aryl methyl sites for hydroxylation is 1. The first kappa shape index (κ1) is 28.5. The van der Waals surface area contributed by atoms with Crippen LogP contribution in [-0.2, 0) is 20.1 Å². The monoisotopic (exact) mass is 784 g/mol. The Hall–Kier alpha value is -4.93. The van der Waals surface area contributed by atoms with Gasteiger partial charge < -0.3 is 14.4 Å². The number of benzene rings is 5. The van der Waals surface area contributed by atoms with E-state index >= 15 is 0 Å². The minimum absolute atomic E-state index is 0. The van der Waals surface area contributed by atoms with Crippen molar-refractivity contribution in [1.82, 2.24) is 14.4 Å². The van der Waals surface area contributed by atoms with E-state index < -0.39 is 0 Å². The maximum Gasteiger partial charge on any atom is 0.0531 e. The van der Waals surface area contributed by atoms with Gasteiger partial charge in [-0.2, -0.15) is 0 Å². The predicted octanol–water partition coefficient (Wildman–Crippen LogP) is 10.9. The quantitative estimate of drug-likeness (QED) is 0.164. The van der Waals surface area contributed by atoms with Gasteiger partial charge in [0, 0.05) is 74.3 Å². The van der Waals surface area contributed by atoms with Crippen LogP contribution < -0.4 is 0 Å². The van der Waals surface area contributed by atoms with Crippen LogP contribution in [0.25, 0.3) is 80.8 Å². The normalized spacial score (nSPS) is 11.4. The Kier molecular flexibility index (Phi) is 7.11. The average Bonchev–Trinajstić information content (AvgIpc) is 3.76. The molecule has 0 aliphatic carbocycles. The molecule has 46 heavy (non-hydrogen) atoms. The van der Waals surface area contributed by atoms with Crippen molar-refractivity contribution in [3.8, 4) is 22.5 Å². The standard InChI is InChI=1S/C30H17N2S.C11H8N.Ir/c1-17-10-12-24(31-16-17)18-11-13-26-23(14-18)28-29-21(19-6-2-4-8-25(19)32(26)29)15-22-20-7-3-5-9-27(20)33-30(22)28;1-2-6-10(7-3-1)11-8-4-5-9-12-11;/h2-10,12-16H,1H3;1-6,8-9H;/q2*-1;. The molecule has 1 radical (unpaired) electrons. The predicted molar refractivity (Wildman–Crippen MR) is 189 cm³/mol. The third-order valence-electron chi connectivity index (χ3n) is 8.58. The summed E-state index contributed by atoms with van der Waals surface area (Å²) in [6.07, 6.45) is 3.72. The third kappa shape index (κ3) is 4.51. The smallest absolute Gasteiger partial charge is 0.0531 e. The van der Waals surface area contributed by atoms with E-state index in [1.807, 2.05) is 60.0 Å². The zero-order valence-electron chi connectivity index (χ0n) is 24.8. The molecule has 0 saturated heterocycles. The largest absolute Gasteiger partial charge is 0.350 e. The summed E-state index contributed by atoms with van der Waals surface area (Å²) in [5.41, 5.74) is 8.95. The van der Waals surface area contributed by atoms with Crippen LogP contribution in [0.15, 0.2) is 134 Å². The van der Waals surface area contributed by atoms with Gasteiger partial charge in [0.2, 0.25) is 0 Å². The first-order chi connectivity index (χ1) is 22.2. The number of hydrogen-bond donors (Lipinski definition) is 0. The molecule has 5 heterocycles. The van der Waals surface area contributed by atoms with Crippen LogP contribution in [0.1, 0.15) is 5.56 Å². The van der Waals surface area contributed by atoms with E-state index in [1.165, 1.54) is 63.8 Å². The fourth-order valence-electron chi connectivity index (χ4n) is 6.52. The van der Waals surface area contributed by atoms with Crippen molar-refractivity contribution in [3.63, 3.8) is 0 Å². The summed E-state index contributed by atoms with van der Waals surface area (Å²) in [4.78, 5) is 8.89. The van der Waals surface area contributed by atoms with E-state index in [2.05, 4.69) is 112 Å². The van der Waals surface area contributed by atoms with Gasteiger partial charge in [-0.1, -0.05) is 66.0 Å². The third-order valence-corrected chi connectivity index (χ3v) is 9.78. The number of fused-ring (bicyclic) bond motifs is 10. The molecule has 0 bridgehead atoms. The van der Waals surface area contributed by atoms with Crippen LogP contribution in [-0.4, -0.2) is 14.4 Å². The Morgan fingerprint density at radius 2 is 1.43 bits per heavy atom. The molecule has 0 saturated carbocycles. The second-order valence-electron chi connectivity index (χ2n) is 11.3. The van der Waals surface area contributed by atoms with Crippen molar-refractivity contribution >= 4 is 69.6 Å². The number of para-hydroxylation sites is 1. The molecule has 0 fully saturated rings. The minimum Gasteiger partial charge on any atom is -0.350 e. The van der Waals surface area contributed by atoms with Crippen LogP contribution >= 0.6 is 11.3 Å². The fraction of sp³-hybridized carbons (Fsp3) is 0.0244. The van der Waals surface area contributed by atoms with Crippen LogP contribution in [0, 0.1) is 19.1 Å². The number of hydrogen-bond acceptors (Lipinski definition) is 3. The summed E-state index contributed by atoms with van der Waals surface area (Å²) < 4.78 is 5.13. The Morgan fingerprint density at radius 3 is 2.24 bits per heavy atom. The maximum atomic E-state index is 4.67. The summed E-state index contributed by atoms with van der Waals surface area (Å²) in [5, 5.41) is 7.93. The van der Waals surface area contributed by atoms with Gasteiger partial charge in [0.05, 0.1) is 5.52 Å². The molecule has 0 unspecified atom stereocenters. The summed E-state index contributed by atoms with van der Waals surface area (Å²) in [7, 11) is 0. The molecule has 221 valence electrons. The second kappa shape index (κ2) is 11.5. The number of nitrogens with zero attached hydrogens (tertiary/aromatic N) is 3. The number of aromatic nitrogens is 3. The van der Waals surface area contributed by atoms with Gasteiger partial charge in [0.15, 0.2) is 0 Å². The summed E-state index contributed by atoms with van der Waals surface area (Å²) >= 11 is 1.90. The fourth-order valence-corrected chi connectivity index (χ4v) is 7.76. The van der Waals surface area contributed by atoms with Gasteiger partial charge in [0.1, 0.15) is 0 Å². The SMILES string of the molecule is Cc1ccc(-c2[c-]cc3c(c2)c2c4sc5ccccc5c4cc4c5ccccc5n3c42)nc1.[Ir].[c-]1ccccc1-c1ccccn1. The zero-order valence-corrected chi connectivity index (χ0v) is 28.0. The molecule has 10 aromatic rings. The van der Waals surface area contributed by atoms with Crippen molar-refractivity contribution in [3.05, 3.63) is 151 Å². The molecule has 3 nitrogen and oxygen atoms in total. The topological polar surface area (TPSA) is 30.2 Å². The van der Waals surface area contributed by atoms with Gasteiger partial charge in [-0.25, -0.2) is 0 Å². The Labute approximate surface area is 283 Å². The van der Waals surface area contributed by atoms with Crippen molar-refractivity contribution in [2.24, 2.45) is 0 Å². The molecule has 0 aliphatic rings. The van der Waals surface area contributed by atoms with E-state index in [1.54, 1.807) is 6.20 Å². The molecule has 0 N–H and O–H groups in total. The average molecular weight is 784 g/mol. The number of rotatable bonds is 2. The van der Waals surface area contributed by atoms with Crippen molar-refractivity contribution in [2.75, 3.05) is 0 Å². The number of thiophene rings is 1. The Bertz CT molecular complexity index is 2600. The maximum absolute atomic E-state index is 4.67. The van der Waals surface area contributed by atoms with Crippen molar-refractivity contribution in [1.29, 1.82) is 0 Å². The molecule has 0 atom stereocenters.